The number of benzene rings is 3. The second-order valence-electron chi connectivity index (χ2n) is 9.07. The summed E-state index contributed by atoms with van der Waals surface area (Å²) in [4.78, 5) is 39.5. The van der Waals surface area contributed by atoms with Gasteiger partial charge in [0.1, 0.15) is 6.04 Å². The number of nitrogens with zero attached hydrogens (tertiary/aromatic N) is 1. The molecule has 1 aliphatic heterocycles. The number of rotatable bonds is 10. The van der Waals surface area contributed by atoms with Crippen molar-refractivity contribution >= 4 is 29.5 Å². The molecule has 3 N–H and O–H groups in total. The summed E-state index contributed by atoms with van der Waals surface area (Å²) < 4.78 is 6.13. The first kappa shape index (κ1) is 27.2. The SMILES string of the molecule is O=C(O)NCc1ccc(Cl)cc1CNC(=O)[C@@H]1CCCN1C(=O)[C@H](OCc1ccccc1)c1ccccc1. The number of likely N-dealkylation sites (tertiary alicyclic amines) is 1. The second kappa shape index (κ2) is 13.1. The second-order valence-corrected chi connectivity index (χ2v) is 9.50. The van der Waals surface area contributed by atoms with Gasteiger partial charge in [-0.05, 0) is 47.2 Å². The summed E-state index contributed by atoms with van der Waals surface area (Å²) in [5.41, 5.74) is 3.08. The van der Waals surface area contributed by atoms with Crippen molar-refractivity contribution in [3.63, 3.8) is 0 Å². The Morgan fingerprint density at radius 1 is 0.947 bits per heavy atom. The first-order valence-corrected chi connectivity index (χ1v) is 12.8. The van der Waals surface area contributed by atoms with Crippen molar-refractivity contribution in [3.8, 4) is 0 Å². The van der Waals surface area contributed by atoms with E-state index in [1.165, 1.54) is 0 Å². The highest BCUT2D eigenvalue weighted by Gasteiger charge is 2.38. The van der Waals surface area contributed by atoms with Gasteiger partial charge in [0.15, 0.2) is 6.10 Å². The van der Waals surface area contributed by atoms with Crippen LogP contribution >= 0.6 is 11.6 Å². The van der Waals surface area contributed by atoms with Gasteiger partial charge in [-0.2, -0.15) is 0 Å². The van der Waals surface area contributed by atoms with Crippen LogP contribution in [-0.2, 0) is 34.0 Å². The molecule has 0 radical (unpaired) electrons. The van der Waals surface area contributed by atoms with Crippen LogP contribution < -0.4 is 10.6 Å². The Morgan fingerprint density at radius 3 is 2.34 bits per heavy atom. The Balaban J connectivity index is 1.46. The smallest absolute Gasteiger partial charge is 0.404 e. The molecule has 0 aliphatic carbocycles. The predicted octanol–water partition coefficient (Wildman–Crippen LogP) is 4.67. The molecule has 4 rings (SSSR count). The Hall–Kier alpha value is -3.88. The lowest BCUT2D eigenvalue weighted by atomic mass is 10.1. The molecule has 3 amide bonds. The Morgan fingerprint density at radius 2 is 1.63 bits per heavy atom. The minimum atomic E-state index is -1.14. The third-order valence-corrected chi connectivity index (χ3v) is 6.71. The maximum absolute atomic E-state index is 13.7. The summed E-state index contributed by atoms with van der Waals surface area (Å²) in [5.74, 6) is -0.526. The summed E-state index contributed by atoms with van der Waals surface area (Å²) >= 11 is 6.14. The first-order chi connectivity index (χ1) is 18.4. The molecule has 0 unspecified atom stereocenters. The van der Waals surface area contributed by atoms with Crippen molar-refractivity contribution < 1.29 is 24.2 Å². The fourth-order valence-corrected chi connectivity index (χ4v) is 4.74. The van der Waals surface area contributed by atoms with Gasteiger partial charge in [0.2, 0.25) is 5.91 Å². The number of amides is 3. The highest BCUT2D eigenvalue weighted by atomic mass is 35.5. The van der Waals surface area contributed by atoms with E-state index in [-0.39, 0.29) is 31.5 Å². The average Bonchev–Trinajstić information content (AvgIpc) is 3.42. The molecule has 1 fully saturated rings. The maximum Gasteiger partial charge on any atom is 0.404 e. The van der Waals surface area contributed by atoms with Crippen molar-refractivity contribution in [3.05, 3.63) is 106 Å². The molecule has 3 aromatic carbocycles. The van der Waals surface area contributed by atoms with Gasteiger partial charge in [-0.25, -0.2) is 4.79 Å². The Kier molecular flexibility index (Phi) is 9.35. The van der Waals surface area contributed by atoms with Crippen LogP contribution in [-0.4, -0.2) is 40.5 Å². The van der Waals surface area contributed by atoms with Gasteiger partial charge >= 0.3 is 6.09 Å². The Bertz CT molecular complexity index is 1260. The summed E-state index contributed by atoms with van der Waals surface area (Å²) in [6.07, 6.45) is -0.737. The number of halogens is 1. The number of carbonyl (C=O) groups is 3. The molecule has 38 heavy (non-hydrogen) atoms. The highest BCUT2D eigenvalue weighted by Crippen LogP contribution is 2.27. The monoisotopic (exact) mass is 535 g/mol. The average molecular weight is 536 g/mol. The number of nitrogens with one attached hydrogen (secondary N) is 2. The molecule has 0 spiro atoms. The number of ether oxygens (including phenoxy) is 1. The van der Waals surface area contributed by atoms with Gasteiger partial charge < -0.3 is 25.4 Å². The standard InChI is InChI=1S/C29H30ClN3O5/c30-24-14-13-22(17-32-29(36)37)23(16-24)18-31-27(34)25-12-7-15-33(25)28(35)26(21-10-5-2-6-11-21)38-19-20-8-3-1-4-9-20/h1-6,8-11,13-14,16,25-26,32H,7,12,15,17-19H2,(H,31,34)(H,36,37)/t25-,26+/m0/s1. The zero-order valence-corrected chi connectivity index (χ0v) is 21.6. The highest BCUT2D eigenvalue weighted by molar-refractivity contribution is 6.30. The van der Waals surface area contributed by atoms with Crippen LogP contribution in [0.4, 0.5) is 4.79 Å². The van der Waals surface area contributed by atoms with E-state index in [2.05, 4.69) is 10.6 Å². The van der Waals surface area contributed by atoms with E-state index in [1.54, 1.807) is 23.1 Å². The minimum absolute atomic E-state index is 0.0866. The molecule has 3 aromatic rings. The van der Waals surface area contributed by atoms with Crippen LogP contribution in [0.2, 0.25) is 5.02 Å². The van der Waals surface area contributed by atoms with E-state index in [1.807, 2.05) is 60.7 Å². The topological polar surface area (TPSA) is 108 Å². The number of carboxylic acid groups (broad SMARTS) is 1. The van der Waals surface area contributed by atoms with Gasteiger partial charge in [-0.3, -0.25) is 9.59 Å². The van der Waals surface area contributed by atoms with E-state index in [0.29, 0.717) is 35.5 Å². The molecule has 2 atom stereocenters. The molecule has 198 valence electrons. The van der Waals surface area contributed by atoms with Crippen LogP contribution in [0.1, 0.15) is 41.2 Å². The molecule has 0 aromatic heterocycles. The minimum Gasteiger partial charge on any atom is -0.465 e. The largest absolute Gasteiger partial charge is 0.465 e. The van der Waals surface area contributed by atoms with Crippen LogP contribution in [0.5, 0.6) is 0 Å². The quantitative estimate of drug-likeness (QED) is 0.349. The fraction of sp³-hybridized carbons (Fsp3) is 0.276. The van der Waals surface area contributed by atoms with Crippen LogP contribution in [0, 0.1) is 0 Å². The van der Waals surface area contributed by atoms with E-state index in [4.69, 9.17) is 21.4 Å². The van der Waals surface area contributed by atoms with E-state index < -0.39 is 18.2 Å². The van der Waals surface area contributed by atoms with Gasteiger partial charge in [0, 0.05) is 24.7 Å². The predicted molar refractivity (Wildman–Crippen MR) is 143 cm³/mol. The molecule has 1 aliphatic rings. The van der Waals surface area contributed by atoms with E-state index in [9.17, 15) is 14.4 Å². The molecule has 0 bridgehead atoms. The molecule has 9 heteroatoms. The molecular weight excluding hydrogens is 506 g/mol. The normalized spacial score (nSPS) is 15.6. The molecule has 0 saturated carbocycles. The third-order valence-electron chi connectivity index (χ3n) is 6.48. The number of carbonyl (C=O) groups excluding carboxylic acids is 2. The zero-order valence-electron chi connectivity index (χ0n) is 20.8. The fourth-order valence-electron chi connectivity index (χ4n) is 4.55. The lowest BCUT2D eigenvalue weighted by Crippen LogP contribution is -2.47. The van der Waals surface area contributed by atoms with E-state index >= 15 is 0 Å². The van der Waals surface area contributed by atoms with Gasteiger partial charge in [0.25, 0.3) is 5.91 Å². The van der Waals surface area contributed by atoms with Gasteiger partial charge in [-0.1, -0.05) is 78.3 Å². The van der Waals surface area contributed by atoms with Gasteiger partial charge in [0.05, 0.1) is 6.61 Å². The molecule has 1 heterocycles. The number of hydrogen-bond donors (Lipinski definition) is 3. The Labute approximate surface area is 226 Å². The van der Waals surface area contributed by atoms with Crippen molar-refractivity contribution in [1.82, 2.24) is 15.5 Å². The van der Waals surface area contributed by atoms with Crippen molar-refractivity contribution in [2.45, 2.75) is 44.7 Å². The van der Waals surface area contributed by atoms with E-state index in [0.717, 1.165) is 11.1 Å². The number of hydrogen-bond acceptors (Lipinski definition) is 4. The summed E-state index contributed by atoms with van der Waals surface area (Å²) in [5, 5.41) is 14.7. The lowest BCUT2D eigenvalue weighted by Gasteiger charge is -2.28. The van der Waals surface area contributed by atoms with Crippen LogP contribution in [0.3, 0.4) is 0 Å². The summed E-state index contributed by atoms with van der Waals surface area (Å²) in [6.45, 7) is 0.961. The van der Waals surface area contributed by atoms with Gasteiger partial charge in [-0.15, -0.1) is 0 Å². The van der Waals surface area contributed by atoms with Crippen molar-refractivity contribution in [1.29, 1.82) is 0 Å². The summed E-state index contributed by atoms with van der Waals surface area (Å²) in [7, 11) is 0. The van der Waals surface area contributed by atoms with Crippen molar-refractivity contribution in [2.75, 3.05) is 6.54 Å². The maximum atomic E-state index is 13.7. The van der Waals surface area contributed by atoms with Crippen LogP contribution in [0.15, 0.2) is 78.9 Å². The van der Waals surface area contributed by atoms with Crippen molar-refractivity contribution in [2.24, 2.45) is 0 Å². The molecule has 1 saturated heterocycles. The van der Waals surface area contributed by atoms with Crippen LogP contribution in [0.25, 0.3) is 0 Å². The zero-order chi connectivity index (χ0) is 26.9. The third kappa shape index (κ3) is 7.12. The lowest BCUT2D eigenvalue weighted by molar-refractivity contribution is -0.149. The summed E-state index contributed by atoms with van der Waals surface area (Å²) in [6, 6.07) is 23.4. The first-order valence-electron chi connectivity index (χ1n) is 12.4. The molecular formula is C29H30ClN3O5. The molecule has 8 nitrogen and oxygen atoms in total.